The minimum atomic E-state index is -0.612. The molecule has 9 rings (SSSR count). The van der Waals surface area contributed by atoms with Crippen LogP contribution < -0.4 is 69.7 Å². The number of methoxy groups -OCH3 is 1. The number of likely N-dealkylation sites (tertiary alicyclic amines) is 5. The number of aromatic nitrogens is 8. The van der Waals surface area contributed by atoms with Gasteiger partial charge in [-0.25, -0.2) is 43.9 Å². The molecule has 37 heteroatoms. The first-order chi connectivity index (χ1) is 47.9. The maximum Gasteiger partial charge on any atom is 1.00 e. The number of alkyl carbamates (subject to hydrolysis) is 1. The van der Waals surface area contributed by atoms with Crippen molar-refractivity contribution in [2.24, 2.45) is 5.92 Å². The molecule has 0 saturated carbocycles. The van der Waals surface area contributed by atoms with Gasteiger partial charge < -0.3 is 70.2 Å². The molecule has 5 aliphatic heterocycles. The number of imidazole rings is 4. The molecule has 4 aromatic rings. The molecule has 0 bridgehead atoms. The second-order valence-corrected chi connectivity index (χ2v) is 33.9. The van der Waals surface area contributed by atoms with Crippen LogP contribution in [-0.4, -0.2) is 198 Å². The fourth-order valence-corrected chi connectivity index (χ4v) is 13.4. The van der Waals surface area contributed by atoms with Crippen LogP contribution in [0.1, 0.15) is 245 Å². The Morgan fingerprint density at radius 1 is 0.533 bits per heavy atom. The summed E-state index contributed by atoms with van der Waals surface area (Å²) in [6, 6.07) is -0.273. The van der Waals surface area contributed by atoms with Crippen molar-refractivity contribution in [3.63, 3.8) is 0 Å². The summed E-state index contributed by atoms with van der Waals surface area (Å²) < 4.78 is 30.3. The van der Waals surface area contributed by atoms with Crippen LogP contribution in [0.15, 0.2) is 24.8 Å². The molecule has 0 aliphatic carbocycles. The van der Waals surface area contributed by atoms with E-state index in [2.05, 4.69) is 159 Å². The Balaban J connectivity index is 0.00000126. The van der Waals surface area contributed by atoms with Crippen molar-refractivity contribution in [2.75, 3.05) is 7.11 Å². The molecule has 0 radical (unpaired) electrons. The van der Waals surface area contributed by atoms with Gasteiger partial charge >= 0.3 is 89.6 Å². The Morgan fingerprint density at radius 3 is 1.17 bits per heavy atom. The van der Waals surface area contributed by atoms with E-state index in [4.69, 9.17) is 38.6 Å². The average molecular weight is 1950 g/mol. The molecule has 105 heavy (non-hydrogen) atoms. The zero-order valence-electron chi connectivity index (χ0n) is 65.6. The predicted molar refractivity (Wildman–Crippen MR) is 413 cm³/mol. The van der Waals surface area contributed by atoms with E-state index < -0.39 is 34.5 Å². The molecule has 5 saturated heterocycles. The van der Waals surface area contributed by atoms with E-state index in [-0.39, 0.29) is 176 Å². The zero-order chi connectivity index (χ0) is 78.2. The molecule has 11 atom stereocenters. The Labute approximate surface area is 716 Å². The van der Waals surface area contributed by atoms with Crippen molar-refractivity contribution < 1.29 is 142 Å². The summed E-state index contributed by atoms with van der Waals surface area (Å²) in [5.41, 5.74) is -1.92. The van der Waals surface area contributed by atoms with Crippen molar-refractivity contribution in [2.45, 2.75) is 285 Å². The minimum Gasteiger partial charge on any atom is -1.00 e. The number of carbonyl (C=O) groups excluding carboxylic acids is 10. The smallest absolute Gasteiger partial charge is 1.00 e. The molecule has 5 fully saturated rings. The van der Waals surface area contributed by atoms with Gasteiger partial charge in [0.1, 0.15) is 65.4 Å². The molecule has 6 amide bonds. The van der Waals surface area contributed by atoms with Crippen LogP contribution in [0.4, 0.5) is 24.0 Å². The van der Waals surface area contributed by atoms with Crippen LogP contribution in [0.3, 0.4) is 0 Å². The third kappa shape index (κ3) is 32.5. The predicted octanol–water partition coefficient (Wildman–Crippen LogP) is 6.78. The van der Waals surface area contributed by atoms with E-state index >= 15 is 0 Å². The third-order valence-corrected chi connectivity index (χ3v) is 19.9. The summed E-state index contributed by atoms with van der Waals surface area (Å²) in [5, 5.41) is 11.1. The van der Waals surface area contributed by atoms with Gasteiger partial charge in [-0.1, -0.05) is 13.8 Å². The second kappa shape index (κ2) is 46.0. The van der Waals surface area contributed by atoms with Gasteiger partial charge in [-0.2, -0.15) is 0 Å². The van der Waals surface area contributed by atoms with Gasteiger partial charge in [0.15, 0.2) is 12.6 Å². The number of carbonyl (C=O) groups is 10. The Hall–Kier alpha value is -3.98. The van der Waals surface area contributed by atoms with Crippen LogP contribution >= 0.6 is 90.4 Å². The molecule has 0 unspecified atom stereocenters. The van der Waals surface area contributed by atoms with Gasteiger partial charge in [-0.3, -0.25) is 38.8 Å². The van der Waals surface area contributed by atoms with Crippen LogP contribution in [0.25, 0.3) is 0 Å². The first-order valence-electron chi connectivity index (χ1n) is 34.0. The summed E-state index contributed by atoms with van der Waals surface area (Å²) in [6.07, 6.45) is 15.6. The van der Waals surface area contributed by atoms with E-state index in [9.17, 15) is 33.6 Å². The van der Waals surface area contributed by atoms with E-state index in [0.29, 0.717) is 0 Å². The number of nitrogens with zero attached hydrogens (tertiary/aromatic N) is 9. The first kappa shape index (κ1) is 99.0. The fraction of sp³-hybridized carbons (Fsp3) is 0.676. The molecular weight excluding hydrogens is 1840 g/mol. The van der Waals surface area contributed by atoms with Crippen LogP contribution in [-0.2, 0) is 52.5 Å². The number of halogens is 4. The molecule has 5 aliphatic rings. The molecule has 31 nitrogen and oxygen atoms in total. The molecule has 9 heterocycles. The number of ether oxygens (including phenoxy) is 5. The van der Waals surface area contributed by atoms with Crippen LogP contribution in [0.5, 0.6) is 0 Å². The van der Waals surface area contributed by atoms with Crippen LogP contribution in [0.2, 0.25) is 0 Å². The molecule has 4 aromatic heterocycles. The van der Waals surface area contributed by atoms with Crippen molar-refractivity contribution in [3.8, 4) is 0 Å². The number of hydrogen-bond donors (Lipinski definition) is 5. The number of rotatable bonds is 10. The van der Waals surface area contributed by atoms with Gasteiger partial charge in [-0.05, 0) is 278 Å². The summed E-state index contributed by atoms with van der Waals surface area (Å²) in [4.78, 5) is 152. The first-order valence-corrected chi connectivity index (χ1v) is 38.3. The zero-order valence-corrected chi connectivity index (χ0v) is 77.2. The molecule has 0 spiro atoms. The largest absolute Gasteiger partial charge is 1.00 e. The second-order valence-electron chi connectivity index (χ2n) is 29.5. The number of aldehydes is 3. The number of aromatic amines is 4. The Kier molecular flexibility index (Phi) is 43.4. The quantitative estimate of drug-likeness (QED) is 0.0207. The molecular formula is C68H106I4N14Na2O17. The van der Waals surface area contributed by atoms with E-state index in [1.165, 1.54) is 12.0 Å². The summed E-state index contributed by atoms with van der Waals surface area (Å²) in [6.45, 7) is 36.2. The maximum absolute atomic E-state index is 13.1. The molecule has 580 valence electrons. The summed E-state index contributed by atoms with van der Waals surface area (Å²) in [7, 11) is 1.29. The average Bonchev–Trinajstić information content (AvgIpc) is 1.57. The number of H-pyrrole nitrogens is 4. The van der Waals surface area contributed by atoms with Gasteiger partial charge in [0.2, 0.25) is 5.91 Å². The van der Waals surface area contributed by atoms with Gasteiger partial charge in [0.05, 0.1) is 57.1 Å². The van der Waals surface area contributed by atoms with Crippen molar-refractivity contribution in [1.82, 2.24) is 69.7 Å². The van der Waals surface area contributed by atoms with E-state index in [0.717, 1.165) is 109 Å². The number of nitrogens with one attached hydrogen (secondary N) is 5. The normalized spacial score (nSPS) is 21.9. The molecule has 5 N–H and O–H groups in total. The van der Waals surface area contributed by atoms with Crippen molar-refractivity contribution in [1.29, 1.82) is 0 Å². The van der Waals surface area contributed by atoms with Crippen LogP contribution in [0, 0.1) is 20.7 Å². The topological polar surface area (TPSA) is 392 Å². The van der Waals surface area contributed by atoms with Gasteiger partial charge in [0.25, 0.3) is 6.47 Å². The standard InChI is InChI=1S/C15H23IN4O3.C13H19I2N3O2.C13H20IN3O2.C13H21N3O2.C11H19NO3.C2H2O2.CH2O3.2Na.H/c1-8(2)12(19-15(22)23-4)14(21)20-9(3)5-6-10(20)13-17-7-11(16)18-13;1-7-5-6-8(11-16-9(14)10(15)17-11)18(7)12(19)20-13(2,3)4;1-8-5-6-9(11-15-7-10(14)16-11)17(8)12(18)19-13(2,3)4;1-9-5-6-10(11-14-7-8-15-11)16(9)12(17)18-13(2,3)4;1-8-5-6-9(7-13)12(8)10(14)15-11(2,3)4;3-1-2-4;2-1-4-3;;;/h7-10,12H,5-6H2,1-4H3,(H,17,18)(H,19,22);7-8H,5-6H2,1-4H3,(H,16,17);7-9H,5-6H2,1-4H3,(H,15,16);7-10H,5-6H2,1-4H3,(H,14,15);7-9H,5-6H2,1-4H3;1-2H;1,3H;;;/q;;;;;;;2*+1;-1/p-1/t9-,10-,12-;7-,8-;8-,9-;9-,10-;8-,9-;;;;;/m00000...../s1. The number of amides is 6. The third-order valence-electron chi connectivity index (χ3n) is 16.2. The number of hydrogen-bond acceptors (Lipinski definition) is 21. The van der Waals surface area contributed by atoms with E-state index in [1.54, 1.807) is 34.6 Å². The maximum atomic E-state index is 13.1. The minimum absolute atomic E-state index is 0. The van der Waals surface area contributed by atoms with Crippen molar-refractivity contribution in [3.05, 3.63) is 62.9 Å². The van der Waals surface area contributed by atoms with Crippen molar-refractivity contribution >= 4 is 152 Å². The Bertz CT molecular complexity index is 3360. The molecule has 0 aromatic carbocycles. The van der Waals surface area contributed by atoms with E-state index in [1.807, 2.05) is 128 Å². The summed E-state index contributed by atoms with van der Waals surface area (Å²) >= 11 is 8.77. The fourth-order valence-electron chi connectivity index (χ4n) is 11.8. The summed E-state index contributed by atoms with van der Waals surface area (Å²) in [5.74, 6) is 3.21. The monoisotopic (exact) mass is 1940 g/mol. The Morgan fingerprint density at radius 2 is 0.876 bits per heavy atom. The SMILES string of the molecule is COC(=O)N[C@H](C(=O)N1[C@@H](C)CC[C@H]1c1ncc(I)[nH]1)C(C)C.C[C@H]1CC[C@@H](C=O)N1C(=O)OC(C)(C)C.C[C@H]1CC[C@@H](c2nc(I)c(I)[nH]2)N1C(=O)OC(C)(C)C.C[C@H]1CC[C@@H](c2ncc(I)[nH]2)N1C(=O)OC(C)(C)C.C[C@H]1CC[C@@H](c2ncc[nH]2)N1C(=O)OC(C)(C)C.O=CC=O.O=CO[O-].[H-].[Na+].[Na+]. The van der Waals surface area contributed by atoms with Gasteiger partial charge in [0, 0.05) is 42.6 Å². The van der Waals surface area contributed by atoms with Gasteiger partial charge in [-0.15, -0.1) is 0 Å².